The van der Waals surface area contributed by atoms with E-state index in [2.05, 4.69) is 5.32 Å². The first kappa shape index (κ1) is 17.6. The molecule has 0 aliphatic heterocycles. The van der Waals surface area contributed by atoms with Crippen LogP contribution in [0.25, 0.3) is 0 Å². The minimum absolute atomic E-state index is 0.0430. The third-order valence-corrected chi connectivity index (χ3v) is 4.40. The maximum Gasteiger partial charge on any atom is 0.231 e. The van der Waals surface area contributed by atoms with E-state index in [1.807, 2.05) is 68.4 Å². The quantitative estimate of drug-likeness (QED) is 0.665. The highest BCUT2D eigenvalue weighted by Gasteiger charge is 2.17. The maximum absolute atomic E-state index is 12.6. The Morgan fingerprint density at radius 3 is 2.15 bits per heavy atom. The molecule has 3 nitrogen and oxygen atoms in total. The highest BCUT2D eigenvalue weighted by molar-refractivity contribution is 6.09. The van der Waals surface area contributed by atoms with Gasteiger partial charge in [0, 0.05) is 16.8 Å². The van der Waals surface area contributed by atoms with E-state index in [1.165, 1.54) is 0 Å². The molecule has 3 heteroatoms. The van der Waals surface area contributed by atoms with Gasteiger partial charge >= 0.3 is 0 Å². The van der Waals surface area contributed by atoms with Gasteiger partial charge in [-0.15, -0.1) is 0 Å². The van der Waals surface area contributed by atoms with Gasteiger partial charge in [-0.05, 0) is 37.6 Å². The lowest BCUT2D eigenvalue weighted by Gasteiger charge is -2.14. The van der Waals surface area contributed by atoms with Crippen LogP contribution in [0.5, 0.6) is 0 Å². The minimum Gasteiger partial charge on any atom is -0.326 e. The van der Waals surface area contributed by atoms with Gasteiger partial charge in [-0.2, -0.15) is 0 Å². The molecule has 0 aliphatic rings. The van der Waals surface area contributed by atoms with Gasteiger partial charge in [0.1, 0.15) is 0 Å². The molecular weight excluding hydrogens is 322 g/mol. The predicted octanol–water partition coefficient (Wildman–Crippen LogP) is 4.97. The third-order valence-electron chi connectivity index (χ3n) is 4.40. The number of rotatable bonds is 5. The van der Waals surface area contributed by atoms with Crippen molar-refractivity contribution in [2.45, 2.75) is 19.8 Å². The smallest absolute Gasteiger partial charge is 0.231 e. The van der Waals surface area contributed by atoms with Crippen LogP contribution in [0.15, 0.2) is 78.9 Å². The molecule has 0 saturated heterocycles. The van der Waals surface area contributed by atoms with E-state index in [1.54, 1.807) is 24.3 Å². The van der Waals surface area contributed by atoms with E-state index in [4.69, 9.17) is 0 Å². The van der Waals surface area contributed by atoms with Crippen LogP contribution in [0.1, 0.15) is 39.9 Å². The number of hydrogen-bond acceptors (Lipinski definition) is 2. The molecule has 1 amide bonds. The van der Waals surface area contributed by atoms with E-state index in [9.17, 15) is 9.59 Å². The summed E-state index contributed by atoms with van der Waals surface area (Å²) in [4.78, 5) is 25.2. The molecule has 0 bridgehead atoms. The lowest BCUT2D eigenvalue weighted by molar-refractivity contribution is -0.117. The first-order chi connectivity index (χ1) is 12.5. The van der Waals surface area contributed by atoms with Crippen molar-refractivity contribution < 1.29 is 9.59 Å². The normalized spacial score (nSPS) is 11.6. The van der Waals surface area contributed by atoms with E-state index < -0.39 is 0 Å². The van der Waals surface area contributed by atoms with Crippen molar-refractivity contribution in [2.24, 2.45) is 0 Å². The minimum atomic E-state index is -0.361. The summed E-state index contributed by atoms with van der Waals surface area (Å²) >= 11 is 0. The van der Waals surface area contributed by atoms with Crippen molar-refractivity contribution >= 4 is 17.4 Å². The van der Waals surface area contributed by atoms with Crippen molar-refractivity contribution in [3.63, 3.8) is 0 Å². The van der Waals surface area contributed by atoms with E-state index >= 15 is 0 Å². The molecule has 0 spiro atoms. The monoisotopic (exact) mass is 343 g/mol. The SMILES string of the molecule is Cc1ccc(NC(=O)[C@H](C)c2cccc(C(=O)c3ccccc3)c2)cc1. The number of ketones is 1. The van der Waals surface area contributed by atoms with Gasteiger partial charge in [0.25, 0.3) is 0 Å². The van der Waals surface area contributed by atoms with E-state index in [0.717, 1.165) is 16.8 Å². The zero-order valence-corrected chi connectivity index (χ0v) is 14.9. The lowest BCUT2D eigenvalue weighted by Crippen LogP contribution is -2.19. The van der Waals surface area contributed by atoms with Gasteiger partial charge < -0.3 is 5.32 Å². The van der Waals surface area contributed by atoms with Gasteiger partial charge in [-0.1, -0.05) is 66.2 Å². The third kappa shape index (κ3) is 4.06. The number of amides is 1. The molecule has 0 radical (unpaired) electrons. The Bertz CT molecular complexity index is 914. The molecule has 0 aliphatic carbocycles. The fourth-order valence-corrected chi connectivity index (χ4v) is 2.74. The van der Waals surface area contributed by atoms with Crippen molar-refractivity contribution in [1.82, 2.24) is 0 Å². The fraction of sp³-hybridized carbons (Fsp3) is 0.130. The summed E-state index contributed by atoms with van der Waals surface area (Å²) in [6.07, 6.45) is 0. The first-order valence-corrected chi connectivity index (χ1v) is 8.62. The molecule has 26 heavy (non-hydrogen) atoms. The van der Waals surface area contributed by atoms with Crippen LogP contribution in [0.2, 0.25) is 0 Å². The molecule has 3 aromatic rings. The fourth-order valence-electron chi connectivity index (χ4n) is 2.74. The van der Waals surface area contributed by atoms with E-state index in [0.29, 0.717) is 11.1 Å². The largest absolute Gasteiger partial charge is 0.326 e. The van der Waals surface area contributed by atoms with Crippen LogP contribution >= 0.6 is 0 Å². The molecule has 130 valence electrons. The number of carbonyl (C=O) groups is 2. The summed E-state index contributed by atoms with van der Waals surface area (Å²) in [6.45, 7) is 3.85. The second-order valence-electron chi connectivity index (χ2n) is 6.40. The zero-order valence-electron chi connectivity index (χ0n) is 14.9. The standard InChI is InChI=1S/C23H21NO2/c1-16-11-13-21(14-12-16)24-23(26)17(2)19-9-6-10-20(15-19)22(25)18-7-4-3-5-8-18/h3-15,17H,1-2H3,(H,24,26)/t17-/m1/s1. The maximum atomic E-state index is 12.6. The number of benzene rings is 3. The summed E-state index contributed by atoms with van der Waals surface area (Å²) in [6, 6.07) is 24.1. The number of aryl methyl sites for hydroxylation is 1. The van der Waals surface area contributed by atoms with Crippen LogP contribution in [-0.4, -0.2) is 11.7 Å². The summed E-state index contributed by atoms with van der Waals surface area (Å²) in [5.74, 6) is -0.503. The second kappa shape index (κ2) is 7.79. The van der Waals surface area contributed by atoms with Crippen LogP contribution in [-0.2, 0) is 4.79 Å². The molecule has 0 heterocycles. The van der Waals surface area contributed by atoms with E-state index in [-0.39, 0.29) is 17.6 Å². The Balaban J connectivity index is 1.77. The molecular formula is C23H21NO2. The Morgan fingerprint density at radius 1 is 0.808 bits per heavy atom. The van der Waals surface area contributed by atoms with Gasteiger partial charge in [0.05, 0.1) is 5.92 Å². The van der Waals surface area contributed by atoms with Gasteiger partial charge in [-0.3, -0.25) is 9.59 Å². The number of nitrogens with one attached hydrogen (secondary N) is 1. The number of anilines is 1. The second-order valence-corrected chi connectivity index (χ2v) is 6.40. The lowest BCUT2D eigenvalue weighted by atomic mass is 9.95. The van der Waals surface area contributed by atoms with Crippen LogP contribution < -0.4 is 5.32 Å². The molecule has 3 aromatic carbocycles. The number of carbonyl (C=O) groups excluding carboxylic acids is 2. The van der Waals surface area contributed by atoms with Crippen LogP contribution in [0.3, 0.4) is 0 Å². The molecule has 0 unspecified atom stereocenters. The van der Waals surface area contributed by atoms with Gasteiger partial charge in [0.15, 0.2) is 5.78 Å². The topological polar surface area (TPSA) is 46.2 Å². The Hall–Kier alpha value is -3.20. The molecule has 3 rings (SSSR count). The summed E-state index contributed by atoms with van der Waals surface area (Å²) in [7, 11) is 0. The summed E-state index contributed by atoms with van der Waals surface area (Å²) in [5.41, 5.74) is 3.95. The van der Waals surface area contributed by atoms with Crippen molar-refractivity contribution in [2.75, 3.05) is 5.32 Å². The first-order valence-electron chi connectivity index (χ1n) is 8.62. The highest BCUT2D eigenvalue weighted by atomic mass is 16.2. The predicted molar refractivity (Wildman–Crippen MR) is 105 cm³/mol. The average molecular weight is 343 g/mol. The molecule has 0 saturated carbocycles. The molecule has 0 fully saturated rings. The van der Waals surface area contributed by atoms with Crippen molar-refractivity contribution in [3.05, 3.63) is 101 Å². The van der Waals surface area contributed by atoms with Crippen LogP contribution in [0.4, 0.5) is 5.69 Å². The molecule has 1 atom stereocenters. The van der Waals surface area contributed by atoms with Crippen LogP contribution in [0, 0.1) is 6.92 Å². The van der Waals surface area contributed by atoms with Gasteiger partial charge in [-0.25, -0.2) is 0 Å². The Morgan fingerprint density at radius 2 is 1.46 bits per heavy atom. The number of hydrogen-bond donors (Lipinski definition) is 1. The Labute approximate surface area is 153 Å². The highest BCUT2D eigenvalue weighted by Crippen LogP contribution is 2.21. The zero-order chi connectivity index (χ0) is 18.5. The summed E-state index contributed by atoms with van der Waals surface area (Å²) in [5, 5.41) is 2.92. The van der Waals surface area contributed by atoms with Crippen molar-refractivity contribution in [1.29, 1.82) is 0 Å². The summed E-state index contributed by atoms with van der Waals surface area (Å²) < 4.78 is 0. The van der Waals surface area contributed by atoms with Gasteiger partial charge in [0.2, 0.25) is 5.91 Å². The average Bonchev–Trinajstić information content (AvgIpc) is 2.69. The van der Waals surface area contributed by atoms with Crippen molar-refractivity contribution in [3.8, 4) is 0 Å². The molecule has 1 N–H and O–H groups in total. The molecule has 0 aromatic heterocycles. The Kier molecular flexibility index (Phi) is 5.28.